The first kappa shape index (κ1) is 11.1. The average Bonchev–Trinajstić information content (AvgIpc) is 2.61. The molecule has 86 valence electrons. The molecule has 0 spiro atoms. The second-order valence-electron chi connectivity index (χ2n) is 4.02. The highest BCUT2D eigenvalue weighted by Gasteiger charge is 2.30. The number of pyridine rings is 1. The monoisotopic (exact) mass is 219 g/mol. The van der Waals surface area contributed by atoms with Crippen LogP contribution in [0.2, 0.25) is 0 Å². The summed E-state index contributed by atoms with van der Waals surface area (Å²) in [6, 6.07) is 3.86. The van der Waals surface area contributed by atoms with Gasteiger partial charge in [-0.1, -0.05) is 13.0 Å². The first-order valence-electron chi connectivity index (χ1n) is 5.79. The van der Waals surface area contributed by atoms with Crippen molar-refractivity contribution in [3.05, 3.63) is 23.9 Å². The van der Waals surface area contributed by atoms with Gasteiger partial charge in [-0.25, -0.2) is 4.98 Å². The summed E-state index contributed by atoms with van der Waals surface area (Å²) >= 11 is 0. The van der Waals surface area contributed by atoms with E-state index in [1.54, 1.807) is 6.20 Å². The molecule has 1 aliphatic heterocycles. The fraction of sp³-hybridized carbons (Fsp3) is 0.500. The quantitative estimate of drug-likeness (QED) is 0.738. The topological polar surface area (TPSA) is 54.0 Å². The third-order valence-electron chi connectivity index (χ3n) is 2.81. The van der Waals surface area contributed by atoms with Gasteiger partial charge in [0.2, 0.25) is 5.91 Å². The first-order chi connectivity index (χ1) is 7.83. The molecular weight excluding hydrogens is 202 g/mol. The highest BCUT2D eigenvalue weighted by molar-refractivity contribution is 6.01. The van der Waals surface area contributed by atoms with Crippen molar-refractivity contribution in [3.8, 4) is 0 Å². The van der Waals surface area contributed by atoms with E-state index in [4.69, 9.17) is 0 Å². The Kier molecular flexibility index (Phi) is 3.51. The molecule has 1 amide bonds. The number of hydrogen-bond donors (Lipinski definition) is 2. The van der Waals surface area contributed by atoms with Crippen LogP contribution in [0.5, 0.6) is 0 Å². The minimum atomic E-state index is -0.0342. The molecule has 0 bridgehead atoms. The van der Waals surface area contributed by atoms with Gasteiger partial charge in [-0.2, -0.15) is 0 Å². The van der Waals surface area contributed by atoms with Crippen LogP contribution in [0.1, 0.15) is 31.2 Å². The number of fused-ring (bicyclic) bond motifs is 1. The van der Waals surface area contributed by atoms with Crippen molar-refractivity contribution in [2.24, 2.45) is 0 Å². The van der Waals surface area contributed by atoms with Crippen molar-refractivity contribution in [1.82, 2.24) is 10.3 Å². The van der Waals surface area contributed by atoms with E-state index in [-0.39, 0.29) is 11.8 Å². The van der Waals surface area contributed by atoms with Gasteiger partial charge in [0.25, 0.3) is 0 Å². The Bertz CT molecular complexity index is 378. The summed E-state index contributed by atoms with van der Waals surface area (Å²) in [5, 5.41) is 6.12. The molecule has 0 aliphatic carbocycles. The Balaban J connectivity index is 1.97. The zero-order valence-corrected chi connectivity index (χ0v) is 9.49. The van der Waals surface area contributed by atoms with Gasteiger partial charge in [0, 0.05) is 11.8 Å². The second-order valence-corrected chi connectivity index (χ2v) is 4.02. The van der Waals surface area contributed by atoms with Crippen LogP contribution in [0.4, 0.5) is 5.82 Å². The number of rotatable bonds is 5. The van der Waals surface area contributed by atoms with Crippen molar-refractivity contribution in [2.45, 2.75) is 25.7 Å². The lowest BCUT2D eigenvalue weighted by Crippen LogP contribution is -2.21. The second kappa shape index (κ2) is 5.07. The maximum absolute atomic E-state index is 11.7. The van der Waals surface area contributed by atoms with Crippen LogP contribution in [0.25, 0.3) is 0 Å². The number of anilines is 1. The third-order valence-corrected chi connectivity index (χ3v) is 2.81. The van der Waals surface area contributed by atoms with Crippen LogP contribution in [-0.4, -0.2) is 24.0 Å². The van der Waals surface area contributed by atoms with E-state index in [9.17, 15) is 4.79 Å². The summed E-state index contributed by atoms with van der Waals surface area (Å²) in [6.07, 6.45) is 3.66. The van der Waals surface area contributed by atoms with Gasteiger partial charge < -0.3 is 10.6 Å². The third kappa shape index (κ3) is 2.22. The number of nitrogens with zero attached hydrogens (tertiary/aromatic N) is 1. The molecule has 2 N–H and O–H groups in total. The summed E-state index contributed by atoms with van der Waals surface area (Å²) in [6.45, 7) is 4.02. The number of amides is 1. The standard InChI is InChI=1S/C12H17N3O/c1-2-6-13-8-5-10-9-4-3-7-14-11(9)15-12(10)16/h3-4,7,10,13H,2,5-6,8H2,1H3,(H,14,15,16). The molecule has 0 aromatic carbocycles. The normalized spacial score (nSPS) is 18.3. The minimum Gasteiger partial charge on any atom is -0.317 e. The molecule has 4 heteroatoms. The molecular formula is C12H17N3O. The van der Waals surface area contributed by atoms with Crippen molar-refractivity contribution >= 4 is 11.7 Å². The van der Waals surface area contributed by atoms with Gasteiger partial charge >= 0.3 is 0 Å². The molecule has 0 radical (unpaired) electrons. The van der Waals surface area contributed by atoms with E-state index < -0.39 is 0 Å². The molecule has 1 aromatic heterocycles. The lowest BCUT2D eigenvalue weighted by atomic mass is 9.99. The summed E-state index contributed by atoms with van der Waals surface area (Å²) < 4.78 is 0. The predicted molar refractivity (Wildman–Crippen MR) is 63.4 cm³/mol. The van der Waals surface area contributed by atoms with E-state index in [0.717, 1.165) is 37.3 Å². The Morgan fingerprint density at radius 1 is 1.50 bits per heavy atom. The smallest absolute Gasteiger partial charge is 0.233 e. The van der Waals surface area contributed by atoms with E-state index in [2.05, 4.69) is 22.5 Å². The molecule has 1 atom stereocenters. The Morgan fingerprint density at radius 3 is 3.19 bits per heavy atom. The summed E-state index contributed by atoms with van der Waals surface area (Å²) in [5.74, 6) is 0.771. The van der Waals surface area contributed by atoms with Gasteiger partial charge in [-0.15, -0.1) is 0 Å². The number of hydrogen-bond acceptors (Lipinski definition) is 3. The van der Waals surface area contributed by atoms with Crippen molar-refractivity contribution < 1.29 is 4.79 Å². The molecule has 0 saturated heterocycles. The van der Waals surface area contributed by atoms with Crippen LogP contribution < -0.4 is 10.6 Å². The Labute approximate surface area is 95.5 Å². The van der Waals surface area contributed by atoms with Gasteiger partial charge in [0.05, 0.1) is 5.92 Å². The molecule has 0 saturated carbocycles. The SMILES string of the molecule is CCCNCCC1C(=O)Nc2ncccc21. The summed E-state index contributed by atoms with van der Waals surface area (Å²) in [7, 11) is 0. The zero-order chi connectivity index (χ0) is 11.4. The molecule has 1 aliphatic rings. The van der Waals surface area contributed by atoms with E-state index in [1.807, 2.05) is 12.1 Å². The molecule has 16 heavy (non-hydrogen) atoms. The maximum atomic E-state index is 11.7. The van der Waals surface area contributed by atoms with Crippen LogP contribution in [0.3, 0.4) is 0 Å². The fourth-order valence-electron chi connectivity index (χ4n) is 1.98. The fourth-order valence-corrected chi connectivity index (χ4v) is 1.98. The number of carbonyl (C=O) groups excluding carboxylic acids is 1. The Hall–Kier alpha value is -1.42. The molecule has 1 aromatic rings. The van der Waals surface area contributed by atoms with Crippen molar-refractivity contribution in [3.63, 3.8) is 0 Å². The largest absolute Gasteiger partial charge is 0.317 e. The average molecular weight is 219 g/mol. The maximum Gasteiger partial charge on any atom is 0.233 e. The number of carbonyl (C=O) groups is 1. The number of nitrogens with one attached hydrogen (secondary N) is 2. The lowest BCUT2D eigenvalue weighted by molar-refractivity contribution is -0.117. The first-order valence-corrected chi connectivity index (χ1v) is 5.79. The summed E-state index contributed by atoms with van der Waals surface area (Å²) in [4.78, 5) is 15.9. The van der Waals surface area contributed by atoms with Crippen LogP contribution in [0, 0.1) is 0 Å². The Morgan fingerprint density at radius 2 is 2.38 bits per heavy atom. The van der Waals surface area contributed by atoms with E-state index >= 15 is 0 Å². The number of aromatic nitrogens is 1. The zero-order valence-electron chi connectivity index (χ0n) is 9.49. The highest BCUT2D eigenvalue weighted by Crippen LogP contribution is 2.32. The van der Waals surface area contributed by atoms with Gasteiger partial charge in [-0.3, -0.25) is 4.79 Å². The lowest BCUT2D eigenvalue weighted by Gasteiger charge is -2.08. The van der Waals surface area contributed by atoms with Gasteiger partial charge in [-0.05, 0) is 32.0 Å². The van der Waals surface area contributed by atoms with E-state index in [0.29, 0.717) is 0 Å². The summed E-state index contributed by atoms with van der Waals surface area (Å²) in [5.41, 5.74) is 1.03. The molecule has 0 fully saturated rings. The van der Waals surface area contributed by atoms with Gasteiger partial charge in [0.1, 0.15) is 5.82 Å². The minimum absolute atomic E-state index is 0.0342. The molecule has 4 nitrogen and oxygen atoms in total. The molecule has 1 unspecified atom stereocenters. The van der Waals surface area contributed by atoms with Crippen molar-refractivity contribution in [1.29, 1.82) is 0 Å². The van der Waals surface area contributed by atoms with Crippen molar-refractivity contribution in [2.75, 3.05) is 18.4 Å². The van der Waals surface area contributed by atoms with E-state index in [1.165, 1.54) is 0 Å². The highest BCUT2D eigenvalue weighted by atomic mass is 16.2. The molecule has 2 heterocycles. The predicted octanol–water partition coefficient (Wildman–Crippen LogP) is 1.51. The van der Waals surface area contributed by atoms with Gasteiger partial charge in [0.15, 0.2) is 0 Å². The molecule has 2 rings (SSSR count). The van der Waals surface area contributed by atoms with Crippen LogP contribution in [0.15, 0.2) is 18.3 Å². The van der Waals surface area contributed by atoms with Crippen LogP contribution >= 0.6 is 0 Å². The van der Waals surface area contributed by atoms with Crippen LogP contribution in [-0.2, 0) is 4.79 Å².